The van der Waals surface area contributed by atoms with Gasteiger partial charge < -0.3 is 0 Å². The molecule has 86 valence electrons. The van der Waals surface area contributed by atoms with E-state index in [1.165, 1.54) is 12.5 Å². The maximum Gasteiger partial charge on any atom is 0.185 e. The van der Waals surface area contributed by atoms with Gasteiger partial charge in [0.25, 0.3) is 0 Å². The van der Waals surface area contributed by atoms with Crippen LogP contribution in [-0.4, -0.2) is 15.8 Å². The summed E-state index contributed by atoms with van der Waals surface area (Å²) in [6.45, 7) is 0. The number of benzene rings is 1. The first-order valence-electron chi connectivity index (χ1n) is 4.90. The van der Waals surface area contributed by atoms with Crippen LogP contribution in [0.15, 0.2) is 36.8 Å². The molecule has 0 aliphatic carbocycles. The maximum absolute atomic E-state index is 11.8. The van der Waals surface area contributed by atoms with Crippen molar-refractivity contribution in [2.24, 2.45) is 0 Å². The van der Waals surface area contributed by atoms with Gasteiger partial charge >= 0.3 is 0 Å². The van der Waals surface area contributed by atoms with Gasteiger partial charge in [-0.1, -0.05) is 29.3 Å². The summed E-state index contributed by atoms with van der Waals surface area (Å²) in [4.78, 5) is 19.5. The van der Waals surface area contributed by atoms with Gasteiger partial charge in [-0.05, 0) is 23.8 Å². The number of nitrogens with zero attached hydrogens (tertiary/aromatic N) is 2. The summed E-state index contributed by atoms with van der Waals surface area (Å²) in [6, 6.07) is 6.71. The summed E-state index contributed by atoms with van der Waals surface area (Å²) >= 11 is 11.7. The van der Waals surface area contributed by atoms with Gasteiger partial charge in [0.2, 0.25) is 0 Å². The van der Waals surface area contributed by atoms with Gasteiger partial charge in [-0.15, -0.1) is 0 Å². The fraction of sp³-hybridized carbons (Fsp3) is 0.0833. The van der Waals surface area contributed by atoms with Crippen molar-refractivity contribution in [3.8, 4) is 0 Å². The van der Waals surface area contributed by atoms with E-state index in [4.69, 9.17) is 23.2 Å². The van der Waals surface area contributed by atoms with E-state index in [2.05, 4.69) is 9.97 Å². The normalized spacial score (nSPS) is 10.2. The van der Waals surface area contributed by atoms with Crippen LogP contribution < -0.4 is 0 Å². The van der Waals surface area contributed by atoms with Crippen LogP contribution >= 0.6 is 23.2 Å². The van der Waals surface area contributed by atoms with E-state index in [0.29, 0.717) is 15.7 Å². The number of carbonyl (C=O) groups is 1. The minimum absolute atomic E-state index is 0.0780. The highest BCUT2D eigenvalue weighted by molar-refractivity contribution is 6.42. The van der Waals surface area contributed by atoms with Crippen LogP contribution in [0.4, 0.5) is 0 Å². The molecule has 0 aliphatic rings. The predicted octanol–water partition coefficient (Wildman–Crippen LogP) is 3.21. The molecule has 3 nitrogen and oxygen atoms in total. The molecule has 0 saturated carbocycles. The van der Waals surface area contributed by atoms with Crippen molar-refractivity contribution in [1.82, 2.24) is 9.97 Å². The Labute approximate surface area is 108 Å². The molecular weight excluding hydrogens is 259 g/mol. The Kier molecular flexibility index (Phi) is 3.71. The number of ketones is 1. The molecule has 17 heavy (non-hydrogen) atoms. The van der Waals surface area contributed by atoms with Crippen molar-refractivity contribution < 1.29 is 4.79 Å². The molecule has 0 N–H and O–H groups in total. The Bertz CT molecular complexity index is 543. The number of hydrogen-bond donors (Lipinski definition) is 0. The second kappa shape index (κ2) is 5.25. The maximum atomic E-state index is 11.8. The summed E-state index contributed by atoms with van der Waals surface area (Å²) in [5, 5.41) is 0.921. The summed E-state index contributed by atoms with van der Waals surface area (Å²) in [7, 11) is 0. The van der Waals surface area contributed by atoms with Crippen LogP contribution in [0.1, 0.15) is 16.1 Å². The van der Waals surface area contributed by atoms with Crippen molar-refractivity contribution in [3.05, 3.63) is 58.1 Å². The first kappa shape index (κ1) is 12.0. The van der Waals surface area contributed by atoms with Crippen molar-refractivity contribution in [2.75, 3.05) is 0 Å². The Morgan fingerprint density at radius 1 is 1.18 bits per heavy atom. The zero-order chi connectivity index (χ0) is 12.3. The molecule has 0 aliphatic heterocycles. The fourth-order valence-corrected chi connectivity index (χ4v) is 1.70. The molecule has 1 heterocycles. The number of halogens is 2. The van der Waals surface area contributed by atoms with Crippen molar-refractivity contribution in [3.63, 3.8) is 0 Å². The van der Waals surface area contributed by atoms with Crippen molar-refractivity contribution in [1.29, 1.82) is 0 Å². The highest BCUT2D eigenvalue weighted by atomic mass is 35.5. The summed E-state index contributed by atoms with van der Waals surface area (Å²) in [6.07, 6.45) is 3.13. The Hall–Kier alpha value is -1.45. The SMILES string of the molecule is O=C(Cc1ccc(Cl)c(Cl)c1)c1ccncn1. The quantitative estimate of drug-likeness (QED) is 0.802. The van der Waals surface area contributed by atoms with Gasteiger partial charge in [0.15, 0.2) is 5.78 Å². The highest BCUT2D eigenvalue weighted by Crippen LogP contribution is 2.23. The van der Waals surface area contributed by atoms with Gasteiger partial charge in [-0.25, -0.2) is 9.97 Å². The lowest BCUT2D eigenvalue weighted by atomic mass is 10.1. The topological polar surface area (TPSA) is 42.9 Å². The average Bonchev–Trinajstić information content (AvgIpc) is 2.35. The van der Waals surface area contributed by atoms with E-state index < -0.39 is 0 Å². The summed E-state index contributed by atoms with van der Waals surface area (Å²) < 4.78 is 0. The molecule has 0 unspecified atom stereocenters. The van der Waals surface area contributed by atoms with Crippen LogP contribution in [0.2, 0.25) is 10.0 Å². The third kappa shape index (κ3) is 3.02. The van der Waals surface area contributed by atoms with Gasteiger partial charge in [-0.2, -0.15) is 0 Å². The van der Waals surface area contributed by atoms with Crippen LogP contribution in [0.25, 0.3) is 0 Å². The second-order valence-corrected chi connectivity index (χ2v) is 4.26. The van der Waals surface area contributed by atoms with Gasteiger partial charge in [-0.3, -0.25) is 4.79 Å². The molecule has 2 aromatic rings. The molecule has 0 atom stereocenters. The number of rotatable bonds is 3. The van der Waals surface area contributed by atoms with E-state index in [1.54, 1.807) is 24.3 Å². The van der Waals surface area contributed by atoms with Crippen LogP contribution in [0.5, 0.6) is 0 Å². The third-order valence-electron chi connectivity index (χ3n) is 2.22. The number of hydrogen-bond acceptors (Lipinski definition) is 3. The van der Waals surface area contributed by atoms with Crippen LogP contribution in [-0.2, 0) is 6.42 Å². The lowest BCUT2D eigenvalue weighted by Gasteiger charge is -2.02. The van der Waals surface area contributed by atoms with Gasteiger partial charge in [0, 0.05) is 12.6 Å². The Balaban J connectivity index is 2.16. The van der Waals surface area contributed by atoms with Crippen LogP contribution in [0.3, 0.4) is 0 Å². The second-order valence-electron chi connectivity index (χ2n) is 3.44. The minimum atomic E-state index is -0.0780. The van der Waals surface area contributed by atoms with E-state index >= 15 is 0 Å². The molecule has 0 amide bonds. The highest BCUT2D eigenvalue weighted by Gasteiger charge is 2.09. The number of Topliss-reactive ketones (excluding diaryl/α,β-unsaturated/α-hetero) is 1. The molecule has 0 saturated heterocycles. The lowest BCUT2D eigenvalue weighted by molar-refractivity contribution is 0.0988. The van der Waals surface area contributed by atoms with Gasteiger partial charge in [0.05, 0.1) is 10.0 Å². The van der Waals surface area contributed by atoms with E-state index in [9.17, 15) is 4.79 Å². The van der Waals surface area contributed by atoms with E-state index in [0.717, 1.165) is 5.56 Å². The van der Waals surface area contributed by atoms with Crippen LogP contribution in [0, 0.1) is 0 Å². The fourth-order valence-electron chi connectivity index (χ4n) is 1.38. The monoisotopic (exact) mass is 266 g/mol. The smallest absolute Gasteiger partial charge is 0.185 e. The zero-order valence-electron chi connectivity index (χ0n) is 8.73. The number of aromatic nitrogens is 2. The van der Waals surface area contributed by atoms with Gasteiger partial charge in [0.1, 0.15) is 12.0 Å². The minimum Gasteiger partial charge on any atom is -0.292 e. The first-order chi connectivity index (χ1) is 8.16. The lowest BCUT2D eigenvalue weighted by Crippen LogP contribution is -2.05. The van der Waals surface area contributed by atoms with Crippen molar-refractivity contribution >= 4 is 29.0 Å². The third-order valence-corrected chi connectivity index (χ3v) is 2.96. The number of carbonyl (C=O) groups excluding carboxylic acids is 1. The summed E-state index contributed by atoms with van der Waals surface area (Å²) in [5.41, 5.74) is 1.20. The largest absolute Gasteiger partial charge is 0.292 e. The van der Waals surface area contributed by atoms with E-state index in [-0.39, 0.29) is 12.2 Å². The predicted molar refractivity (Wildman–Crippen MR) is 66.5 cm³/mol. The molecule has 0 bridgehead atoms. The molecule has 0 fully saturated rings. The molecule has 0 spiro atoms. The molecule has 1 aromatic carbocycles. The molecule has 0 radical (unpaired) electrons. The molecular formula is C12H8Cl2N2O. The standard InChI is InChI=1S/C12H8Cl2N2O/c13-9-2-1-8(5-10(9)14)6-12(17)11-3-4-15-7-16-11/h1-5,7H,6H2. The average molecular weight is 267 g/mol. The Morgan fingerprint density at radius 2 is 2.00 bits per heavy atom. The summed E-state index contributed by atoms with van der Waals surface area (Å²) in [5.74, 6) is -0.0780. The molecule has 5 heteroatoms. The zero-order valence-corrected chi connectivity index (χ0v) is 10.2. The van der Waals surface area contributed by atoms with Crippen molar-refractivity contribution in [2.45, 2.75) is 6.42 Å². The van der Waals surface area contributed by atoms with E-state index in [1.807, 2.05) is 0 Å². The first-order valence-corrected chi connectivity index (χ1v) is 5.65. The molecule has 1 aromatic heterocycles. The Morgan fingerprint density at radius 3 is 2.65 bits per heavy atom. The molecule has 2 rings (SSSR count).